The Morgan fingerprint density at radius 1 is 1.44 bits per heavy atom. The van der Waals surface area contributed by atoms with Gasteiger partial charge in [-0.25, -0.2) is 4.99 Å². The third kappa shape index (κ3) is 2.51. The highest BCUT2D eigenvalue weighted by molar-refractivity contribution is 5.57. The Morgan fingerprint density at radius 3 is 2.75 bits per heavy atom. The van der Waals surface area contributed by atoms with Crippen molar-refractivity contribution in [3.63, 3.8) is 0 Å². The number of hydrogen-bond acceptors (Lipinski definition) is 2. The van der Waals surface area contributed by atoms with Crippen LogP contribution in [0.1, 0.15) is 6.92 Å². The van der Waals surface area contributed by atoms with Crippen molar-refractivity contribution in [2.45, 2.75) is 13.0 Å². The molecule has 1 rings (SSSR count). The predicted molar refractivity (Wildman–Crippen MR) is 69.9 cm³/mol. The first kappa shape index (κ1) is 12.0. The molecule has 0 saturated heterocycles. The minimum absolute atomic E-state index is 0.209. The van der Waals surface area contributed by atoms with Crippen molar-refractivity contribution < 1.29 is 0 Å². The second kappa shape index (κ2) is 5.75. The van der Waals surface area contributed by atoms with Crippen LogP contribution in [0, 0.1) is 0 Å². The smallest absolute Gasteiger partial charge is 0.0852 e. The van der Waals surface area contributed by atoms with E-state index in [9.17, 15) is 0 Å². The van der Waals surface area contributed by atoms with Crippen LogP contribution in [0.2, 0.25) is 0 Å². The Kier molecular flexibility index (Phi) is 4.33. The van der Waals surface area contributed by atoms with Gasteiger partial charge in [-0.05, 0) is 13.0 Å². The molecule has 16 heavy (non-hydrogen) atoms. The Bertz CT molecular complexity index is 397. The van der Waals surface area contributed by atoms with Crippen LogP contribution >= 0.6 is 0 Å². The van der Waals surface area contributed by atoms with Crippen LogP contribution in [0.15, 0.2) is 65.5 Å². The van der Waals surface area contributed by atoms with Crippen LogP contribution in [0.3, 0.4) is 0 Å². The summed E-state index contributed by atoms with van der Waals surface area (Å²) in [5, 5.41) is 3.31. The molecule has 3 nitrogen and oxygen atoms in total. The molecule has 1 aliphatic rings. The highest BCUT2D eigenvalue weighted by Gasteiger charge is 2.21. The van der Waals surface area contributed by atoms with E-state index in [1.54, 1.807) is 18.4 Å². The fourth-order valence-electron chi connectivity index (χ4n) is 1.60. The van der Waals surface area contributed by atoms with Gasteiger partial charge < -0.3 is 11.1 Å². The average Bonchev–Trinajstić information content (AvgIpc) is 2.60. The van der Waals surface area contributed by atoms with Gasteiger partial charge in [-0.15, -0.1) is 0 Å². The number of allylic oxidation sites excluding steroid dienone is 4. The van der Waals surface area contributed by atoms with Crippen LogP contribution in [0.5, 0.6) is 0 Å². The lowest BCUT2D eigenvalue weighted by atomic mass is 10.0. The third-order valence-corrected chi connectivity index (χ3v) is 2.34. The van der Waals surface area contributed by atoms with Gasteiger partial charge in [-0.3, -0.25) is 0 Å². The average molecular weight is 215 g/mol. The Hall–Kier alpha value is -2.03. The lowest BCUT2D eigenvalue weighted by molar-refractivity contribution is 0.755. The molecule has 0 aromatic carbocycles. The molecule has 0 aromatic rings. The summed E-state index contributed by atoms with van der Waals surface area (Å²) in [4.78, 5) is 3.95. The van der Waals surface area contributed by atoms with Crippen LogP contribution in [0.4, 0.5) is 0 Å². The van der Waals surface area contributed by atoms with Crippen molar-refractivity contribution in [2.75, 3.05) is 0 Å². The van der Waals surface area contributed by atoms with E-state index in [4.69, 9.17) is 5.73 Å². The van der Waals surface area contributed by atoms with E-state index < -0.39 is 0 Å². The van der Waals surface area contributed by atoms with Crippen LogP contribution in [-0.2, 0) is 0 Å². The number of aliphatic imine (C=N–C) groups is 1. The minimum Gasteiger partial charge on any atom is -0.390 e. The molecule has 0 aromatic heterocycles. The van der Waals surface area contributed by atoms with Gasteiger partial charge in [0.25, 0.3) is 0 Å². The molecule has 1 heterocycles. The molecule has 84 valence electrons. The van der Waals surface area contributed by atoms with Gasteiger partial charge in [0.15, 0.2) is 0 Å². The first-order valence-electron chi connectivity index (χ1n) is 5.10. The first-order valence-corrected chi connectivity index (χ1v) is 5.10. The monoisotopic (exact) mass is 215 g/mol. The second-order valence-electron chi connectivity index (χ2n) is 3.37. The van der Waals surface area contributed by atoms with Crippen molar-refractivity contribution in [1.82, 2.24) is 5.32 Å². The number of nitrogens with one attached hydrogen (secondary N) is 1. The van der Waals surface area contributed by atoms with Crippen molar-refractivity contribution in [2.24, 2.45) is 10.7 Å². The van der Waals surface area contributed by atoms with Gasteiger partial charge in [0, 0.05) is 23.0 Å². The maximum Gasteiger partial charge on any atom is 0.0852 e. The molecular formula is C13H17N3. The van der Waals surface area contributed by atoms with E-state index >= 15 is 0 Å². The molecule has 0 amide bonds. The molecule has 1 aliphatic heterocycles. The lowest BCUT2D eigenvalue weighted by Gasteiger charge is -2.06. The summed E-state index contributed by atoms with van der Waals surface area (Å²) < 4.78 is 0. The van der Waals surface area contributed by atoms with E-state index in [0.717, 1.165) is 16.8 Å². The Labute approximate surface area is 96.4 Å². The van der Waals surface area contributed by atoms with Crippen LogP contribution in [0.25, 0.3) is 0 Å². The highest BCUT2D eigenvalue weighted by atomic mass is 15.0. The molecule has 0 saturated carbocycles. The highest BCUT2D eigenvalue weighted by Crippen LogP contribution is 2.26. The summed E-state index contributed by atoms with van der Waals surface area (Å²) in [6.07, 6.45) is 10.4. The van der Waals surface area contributed by atoms with Crippen molar-refractivity contribution in [1.29, 1.82) is 0 Å². The lowest BCUT2D eigenvalue weighted by Crippen LogP contribution is -2.19. The molecule has 3 N–H and O–H groups in total. The van der Waals surface area contributed by atoms with Gasteiger partial charge in [-0.1, -0.05) is 31.4 Å². The van der Waals surface area contributed by atoms with E-state index in [-0.39, 0.29) is 6.04 Å². The minimum atomic E-state index is 0.209. The predicted octanol–water partition coefficient (Wildman–Crippen LogP) is 2.03. The molecule has 1 unspecified atom stereocenters. The topological polar surface area (TPSA) is 50.4 Å². The summed E-state index contributed by atoms with van der Waals surface area (Å²) >= 11 is 0. The zero-order valence-electron chi connectivity index (χ0n) is 9.48. The van der Waals surface area contributed by atoms with Crippen molar-refractivity contribution >= 4 is 6.34 Å². The molecule has 0 radical (unpaired) electrons. The Morgan fingerprint density at radius 2 is 2.19 bits per heavy atom. The molecule has 0 fully saturated rings. The second-order valence-corrected chi connectivity index (χ2v) is 3.37. The summed E-state index contributed by atoms with van der Waals surface area (Å²) in [6, 6.07) is 0.209. The number of rotatable bonds is 4. The fraction of sp³-hybridized carbons (Fsp3) is 0.154. The number of nitrogens with two attached hydrogens (primary N) is 1. The van der Waals surface area contributed by atoms with Gasteiger partial charge in [0.2, 0.25) is 0 Å². The quantitative estimate of drug-likeness (QED) is 0.428. The van der Waals surface area contributed by atoms with Crippen LogP contribution < -0.4 is 11.1 Å². The van der Waals surface area contributed by atoms with Gasteiger partial charge in [-0.2, -0.15) is 0 Å². The van der Waals surface area contributed by atoms with Crippen molar-refractivity contribution in [3.05, 3.63) is 60.5 Å². The summed E-state index contributed by atoms with van der Waals surface area (Å²) in [5.41, 5.74) is 8.41. The van der Waals surface area contributed by atoms with E-state index in [1.807, 2.05) is 12.2 Å². The maximum atomic E-state index is 5.24. The molecule has 0 spiro atoms. The summed E-state index contributed by atoms with van der Waals surface area (Å²) in [7, 11) is 0. The Balaban J connectivity index is 3.14. The molecular weight excluding hydrogens is 198 g/mol. The molecule has 0 aliphatic carbocycles. The van der Waals surface area contributed by atoms with E-state index in [2.05, 4.69) is 30.4 Å². The molecule has 3 heteroatoms. The standard InChI is InChI=1S/C13H17N3/c1-4-6-7-11-12(8-15-9-14)10(3)16-13(11)5-2/h4-10,16H,1-2H2,3H3,(H2,14,15)/b7-6-,12-8+. The van der Waals surface area contributed by atoms with Crippen molar-refractivity contribution in [3.8, 4) is 0 Å². The molecule has 1 atom stereocenters. The van der Waals surface area contributed by atoms with E-state index in [0.29, 0.717) is 0 Å². The number of hydrogen-bond donors (Lipinski definition) is 2. The largest absolute Gasteiger partial charge is 0.390 e. The maximum absolute atomic E-state index is 5.24. The summed E-state index contributed by atoms with van der Waals surface area (Å²) in [6.45, 7) is 9.50. The zero-order valence-corrected chi connectivity index (χ0v) is 9.48. The first-order chi connectivity index (χ1) is 7.74. The van der Waals surface area contributed by atoms with Gasteiger partial charge in [0.1, 0.15) is 0 Å². The summed E-state index contributed by atoms with van der Waals surface area (Å²) in [5.74, 6) is 0. The normalized spacial score (nSPS) is 23.3. The number of nitrogens with zero attached hydrogens (tertiary/aromatic N) is 1. The third-order valence-electron chi connectivity index (χ3n) is 2.34. The van der Waals surface area contributed by atoms with Crippen LogP contribution in [-0.4, -0.2) is 12.4 Å². The zero-order chi connectivity index (χ0) is 12.0. The fourth-order valence-corrected chi connectivity index (χ4v) is 1.60. The van der Waals surface area contributed by atoms with E-state index in [1.165, 1.54) is 6.34 Å². The van der Waals surface area contributed by atoms with Gasteiger partial charge in [0.05, 0.1) is 12.4 Å². The molecule has 0 bridgehead atoms. The van der Waals surface area contributed by atoms with Gasteiger partial charge >= 0.3 is 0 Å². The SMILES string of the molecule is C=C/C=C\C1=C(C=C)NC(C)/C1=C\N=CN.